The number of carbonyl (C=O) groups is 1. The molecule has 0 aromatic heterocycles. The van der Waals surface area contributed by atoms with Gasteiger partial charge in [0.05, 0.1) is 6.61 Å². The zero-order valence-electron chi connectivity index (χ0n) is 13.0. The number of hydrogen-bond acceptors (Lipinski definition) is 3. The maximum absolute atomic E-state index is 12.3. The molecular formula is C18H22N2O2. The van der Waals surface area contributed by atoms with E-state index < -0.39 is 0 Å². The number of carbonyl (C=O) groups excluding carboxylic acids is 1. The van der Waals surface area contributed by atoms with Gasteiger partial charge in [-0.1, -0.05) is 25.1 Å². The minimum absolute atomic E-state index is 0.0165. The molecule has 0 fully saturated rings. The summed E-state index contributed by atoms with van der Waals surface area (Å²) in [6.07, 6.45) is 0.933. The van der Waals surface area contributed by atoms with Gasteiger partial charge in [-0.05, 0) is 49.2 Å². The van der Waals surface area contributed by atoms with Crippen LogP contribution in [0.25, 0.3) is 0 Å². The molecule has 4 heteroatoms. The van der Waals surface area contributed by atoms with Crippen molar-refractivity contribution in [2.24, 2.45) is 5.73 Å². The normalized spacial score (nSPS) is 11.8. The monoisotopic (exact) mass is 298 g/mol. The summed E-state index contributed by atoms with van der Waals surface area (Å²) in [5.74, 6) is 0.553. The molecule has 4 nitrogen and oxygen atoms in total. The Hall–Kier alpha value is -2.33. The molecule has 2 rings (SSSR count). The van der Waals surface area contributed by atoms with Gasteiger partial charge in [0.2, 0.25) is 0 Å². The molecule has 2 aromatic rings. The van der Waals surface area contributed by atoms with Gasteiger partial charge < -0.3 is 15.8 Å². The van der Waals surface area contributed by atoms with Crippen LogP contribution in [0.15, 0.2) is 48.5 Å². The first-order valence-corrected chi connectivity index (χ1v) is 7.50. The Balaban J connectivity index is 2.05. The highest BCUT2D eigenvalue weighted by atomic mass is 16.5. The molecule has 0 radical (unpaired) electrons. The van der Waals surface area contributed by atoms with E-state index in [9.17, 15) is 4.79 Å². The van der Waals surface area contributed by atoms with Gasteiger partial charge in [-0.3, -0.25) is 4.79 Å². The number of benzene rings is 2. The smallest absolute Gasteiger partial charge is 0.255 e. The molecule has 0 saturated heterocycles. The van der Waals surface area contributed by atoms with E-state index in [1.165, 1.54) is 0 Å². The molecule has 116 valence electrons. The van der Waals surface area contributed by atoms with Gasteiger partial charge in [0, 0.05) is 17.3 Å². The van der Waals surface area contributed by atoms with E-state index in [0.717, 1.165) is 17.7 Å². The second-order valence-electron chi connectivity index (χ2n) is 5.24. The molecule has 0 spiro atoms. The Morgan fingerprint density at radius 1 is 1.23 bits per heavy atom. The Morgan fingerprint density at radius 3 is 2.59 bits per heavy atom. The number of rotatable bonds is 6. The van der Waals surface area contributed by atoms with Crippen LogP contribution in [0.5, 0.6) is 5.75 Å². The molecule has 22 heavy (non-hydrogen) atoms. The molecule has 0 bridgehead atoms. The summed E-state index contributed by atoms with van der Waals surface area (Å²) in [7, 11) is 0. The fraction of sp³-hybridized carbons (Fsp3) is 0.278. The Labute approximate surface area is 131 Å². The van der Waals surface area contributed by atoms with Gasteiger partial charge in [0.1, 0.15) is 5.75 Å². The van der Waals surface area contributed by atoms with Crippen molar-refractivity contribution in [1.29, 1.82) is 0 Å². The number of amides is 1. The van der Waals surface area contributed by atoms with Crippen molar-refractivity contribution in [3.8, 4) is 5.75 Å². The molecule has 1 atom stereocenters. The quantitative estimate of drug-likeness (QED) is 0.853. The summed E-state index contributed by atoms with van der Waals surface area (Å²) in [5.41, 5.74) is 8.17. The van der Waals surface area contributed by atoms with Crippen LogP contribution >= 0.6 is 0 Å². The first-order chi connectivity index (χ1) is 10.6. The van der Waals surface area contributed by atoms with Gasteiger partial charge >= 0.3 is 0 Å². The SMILES string of the molecule is CCCOc1cccc(C(=O)Nc2ccc(C(C)N)cc2)c1. The molecule has 1 unspecified atom stereocenters. The van der Waals surface area contributed by atoms with Crippen molar-refractivity contribution in [1.82, 2.24) is 0 Å². The van der Waals surface area contributed by atoms with E-state index >= 15 is 0 Å². The average molecular weight is 298 g/mol. The van der Waals surface area contributed by atoms with Gasteiger partial charge in [-0.15, -0.1) is 0 Å². The third-order valence-electron chi connectivity index (χ3n) is 3.26. The lowest BCUT2D eigenvalue weighted by Gasteiger charge is -2.10. The molecule has 2 aromatic carbocycles. The average Bonchev–Trinajstić information content (AvgIpc) is 2.53. The summed E-state index contributed by atoms with van der Waals surface area (Å²) in [5, 5.41) is 2.87. The highest BCUT2D eigenvalue weighted by Crippen LogP contribution is 2.17. The number of ether oxygens (including phenoxy) is 1. The summed E-state index contributed by atoms with van der Waals surface area (Å²) < 4.78 is 5.54. The van der Waals surface area contributed by atoms with E-state index in [-0.39, 0.29) is 11.9 Å². The van der Waals surface area contributed by atoms with E-state index in [0.29, 0.717) is 17.9 Å². The van der Waals surface area contributed by atoms with Gasteiger partial charge in [0.25, 0.3) is 5.91 Å². The number of hydrogen-bond donors (Lipinski definition) is 2. The van der Waals surface area contributed by atoms with E-state index in [4.69, 9.17) is 10.5 Å². The van der Waals surface area contributed by atoms with Crippen molar-refractivity contribution in [3.05, 3.63) is 59.7 Å². The Morgan fingerprint density at radius 2 is 1.95 bits per heavy atom. The summed E-state index contributed by atoms with van der Waals surface area (Å²) >= 11 is 0. The topological polar surface area (TPSA) is 64.3 Å². The van der Waals surface area contributed by atoms with Crippen molar-refractivity contribution >= 4 is 11.6 Å². The van der Waals surface area contributed by atoms with E-state index in [2.05, 4.69) is 5.32 Å². The molecule has 3 N–H and O–H groups in total. The maximum atomic E-state index is 12.3. The lowest BCUT2D eigenvalue weighted by Crippen LogP contribution is -2.12. The number of anilines is 1. The molecule has 0 aliphatic heterocycles. The van der Waals surface area contributed by atoms with E-state index in [1.807, 2.05) is 50.2 Å². The highest BCUT2D eigenvalue weighted by Gasteiger charge is 2.08. The van der Waals surface area contributed by atoms with Crippen molar-refractivity contribution in [2.75, 3.05) is 11.9 Å². The zero-order chi connectivity index (χ0) is 15.9. The lowest BCUT2D eigenvalue weighted by molar-refractivity contribution is 0.102. The maximum Gasteiger partial charge on any atom is 0.255 e. The predicted octanol–water partition coefficient (Wildman–Crippen LogP) is 3.75. The summed E-state index contributed by atoms with van der Waals surface area (Å²) in [4.78, 5) is 12.3. The third kappa shape index (κ3) is 4.33. The summed E-state index contributed by atoms with van der Waals surface area (Å²) in [6, 6.07) is 14.7. The molecule has 0 saturated carbocycles. The fourth-order valence-corrected chi connectivity index (χ4v) is 2.02. The van der Waals surface area contributed by atoms with Crippen LogP contribution in [0.1, 0.15) is 42.2 Å². The molecule has 1 amide bonds. The molecule has 0 aliphatic rings. The number of nitrogens with two attached hydrogens (primary N) is 1. The minimum atomic E-state index is -0.157. The Bertz CT molecular complexity index is 621. The van der Waals surface area contributed by atoms with Crippen LogP contribution in [0.3, 0.4) is 0 Å². The van der Waals surface area contributed by atoms with Crippen molar-refractivity contribution < 1.29 is 9.53 Å². The number of nitrogens with one attached hydrogen (secondary N) is 1. The predicted molar refractivity (Wildman–Crippen MR) is 89.2 cm³/mol. The fourth-order valence-electron chi connectivity index (χ4n) is 2.02. The largest absolute Gasteiger partial charge is 0.494 e. The van der Waals surface area contributed by atoms with Gasteiger partial charge in [0.15, 0.2) is 0 Å². The van der Waals surface area contributed by atoms with Gasteiger partial charge in [-0.2, -0.15) is 0 Å². The van der Waals surface area contributed by atoms with Crippen LogP contribution in [0, 0.1) is 0 Å². The molecule has 0 heterocycles. The Kier molecular flexibility index (Phi) is 5.55. The van der Waals surface area contributed by atoms with Crippen LogP contribution in [0.4, 0.5) is 5.69 Å². The lowest BCUT2D eigenvalue weighted by atomic mass is 10.1. The second kappa shape index (κ2) is 7.61. The zero-order valence-corrected chi connectivity index (χ0v) is 13.0. The van der Waals surface area contributed by atoms with Gasteiger partial charge in [-0.25, -0.2) is 0 Å². The van der Waals surface area contributed by atoms with Crippen LogP contribution < -0.4 is 15.8 Å². The first-order valence-electron chi connectivity index (χ1n) is 7.50. The standard InChI is InChI=1S/C18H22N2O2/c1-3-11-22-17-6-4-5-15(12-17)18(21)20-16-9-7-14(8-10-16)13(2)19/h4-10,12-13H,3,11,19H2,1-2H3,(H,20,21). The van der Waals surface area contributed by atoms with Crippen LogP contribution in [-0.4, -0.2) is 12.5 Å². The molecular weight excluding hydrogens is 276 g/mol. The van der Waals surface area contributed by atoms with Crippen LogP contribution in [-0.2, 0) is 0 Å². The highest BCUT2D eigenvalue weighted by molar-refractivity contribution is 6.04. The first kappa shape index (κ1) is 16.0. The third-order valence-corrected chi connectivity index (χ3v) is 3.26. The van der Waals surface area contributed by atoms with Crippen molar-refractivity contribution in [2.45, 2.75) is 26.3 Å². The molecule has 0 aliphatic carbocycles. The summed E-state index contributed by atoms with van der Waals surface area (Å²) in [6.45, 7) is 4.61. The minimum Gasteiger partial charge on any atom is -0.494 e. The van der Waals surface area contributed by atoms with E-state index in [1.54, 1.807) is 12.1 Å². The van der Waals surface area contributed by atoms with Crippen molar-refractivity contribution in [3.63, 3.8) is 0 Å². The second-order valence-corrected chi connectivity index (χ2v) is 5.24. The van der Waals surface area contributed by atoms with Crippen LogP contribution in [0.2, 0.25) is 0 Å².